The number of methoxy groups -OCH3 is 2. The standard InChI is InChI=1S/C31H47N3O10/c1-16-10-21-26(33-14-20(36)15-35)23(37)13-22(28(21)39)34-30(40)17(2)8-7-9-24(42-5)29(44-31(32)41)19(4)12-18(3)27(38)25(11-16)43-6/h7-9,12-13,16,18,20,24-25,27,29,33,35-39H,10-11,14-15H2,1-6H3,(H2,32,41)(H,34,40)/b9-7-,17-8-,19-12-/t16-,18+,20+,24-,25-,27+,29-/m1/s1. The minimum atomic E-state index is -1.12. The third-order valence-corrected chi connectivity index (χ3v) is 7.56. The summed E-state index contributed by atoms with van der Waals surface area (Å²) in [5, 5.41) is 58.0. The molecular weight excluding hydrogens is 574 g/mol. The van der Waals surface area contributed by atoms with Crippen LogP contribution in [-0.2, 0) is 25.4 Å². The van der Waals surface area contributed by atoms with Crippen LogP contribution in [0.15, 0.2) is 41.5 Å². The molecule has 2 bridgehead atoms. The van der Waals surface area contributed by atoms with Crippen LogP contribution < -0.4 is 16.4 Å². The second kappa shape index (κ2) is 17.0. The maximum atomic E-state index is 13.0. The Labute approximate surface area is 258 Å². The van der Waals surface area contributed by atoms with Gasteiger partial charge in [0.25, 0.3) is 5.91 Å². The van der Waals surface area contributed by atoms with E-state index in [1.165, 1.54) is 26.4 Å². The topological polar surface area (TPSA) is 213 Å². The van der Waals surface area contributed by atoms with Gasteiger partial charge in [0.15, 0.2) is 6.10 Å². The zero-order valence-electron chi connectivity index (χ0n) is 26.1. The zero-order chi connectivity index (χ0) is 33.1. The van der Waals surface area contributed by atoms with Gasteiger partial charge in [-0.15, -0.1) is 0 Å². The summed E-state index contributed by atoms with van der Waals surface area (Å²) >= 11 is 0. The highest BCUT2D eigenvalue weighted by Crippen LogP contribution is 2.42. The van der Waals surface area contributed by atoms with E-state index in [1.807, 2.05) is 6.92 Å². The molecule has 1 aromatic carbocycles. The first-order valence-corrected chi connectivity index (χ1v) is 14.4. The Kier molecular flexibility index (Phi) is 14.1. The third kappa shape index (κ3) is 9.96. The fourth-order valence-corrected chi connectivity index (χ4v) is 5.09. The Balaban J connectivity index is 2.66. The van der Waals surface area contributed by atoms with Gasteiger partial charge in [-0.25, -0.2) is 4.79 Å². The zero-order valence-corrected chi connectivity index (χ0v) is 26.1. The van der Waals surface area contributed by atoms with Crippen molar-refractivity contribution >= 4 is 23.4 Å². The van der Waals surface area contributed by atoms with E-state index in [0.717, 1.165) is 0 Å². The Morgan fingerprint density at radius 1 is 1.20 bits per heavy atom. The number of nitrogens with two attached hydrogens (primary N) is 1. The van der Waals surface area contributed by atoms with E-state index in [1.54, 1.807) is 39.0 Å². The van der Waals surface area contributed by atoms with Crippen molar-refractivity contribution in [3.63, 3.8) is 0 Å². The summed E-state index contributed by atoms with van der Waals surface area (Å²) < 4.78 is 16.6. The van der Waals surface area contributed by atoms with E-state index >= 15 is 0 Å². The minimum Gasteiger partial charge on any atom is -0.506 e. The van der Waals surface area contributed by atoms with Gasteiger partial charge in [-0.3, -0.25) is 4.79 Å². The van der Waals surface area contributed by atoms with Crippen LogP contribution in [0.1, 0.15) is 39.7 Å². The van der Waals surface area contributed by atoms with Crippen LogP contribution in [0.3, 0.4) is 0 Å². The number of aliphatic hydroxyl groups is 3. The first-order chi connectivity index (χ1) is 20.7. The smallest absolute Gasteiger partial charge is 0.405 e. The summed E-state index contributed by atoms with van der Waals surface area (Å²) in [6.07, 6.45) is 1.40. The van der Waals surface area contributed by atoms with Crippen LogP contribution in [0, 0.1) is 11.8 Å². The minimum absolute atomic E-state index is 0.0425. The SMILES string of the molecule is CO[C@@H]1/C=C\C=C(\C)C(=O)Nc2cc(O)c(NC[C@H](O)CO)c(c2O)C[C@@H](C)C[C@@H](OC)[C@@H](O)[C@@H](C)/C=C(/C)[C@H]1OC(N)=O. The monoisotopic (exact) mass is 621 g/mol. The van der Waals surface area contributed by atoms with Crippen molar-refractivity contribution in [1.29, 1.82) is 0 Å². The van der Waals surface area contributed by atoms with Crippen molar-refractivity contribution in [2.75, 3.05) is 38.0 Å². The van der Waals surface area contributed by atoms with Crippen LogP contribution in [0.5, 0.6) is 11.5 Å². The van der Waals surface area contributed by atoms with Gasteiger partial charge < -0.3 is 56.1 Å². The number of ether oxygens (including phenoxy) is 3. The van der Waals surface area contributed by atoms with Crippen molar-refractivity contribution in [3.05, 3.63) is 47.1 Å². The molecule has 0 saturated carbocycles. The number of allylic oxidation sites excluding steroid dienone is 2. The average Bonchev–Trinajstić information content (AvgIpc) is 2.97. The number of primary amides is 1. The molecule has 0 saturated heterocycles. The number of phenolic OH excluding ortho intramolecular Hbond substituents is 2. The number of hydrogen-bond acceptors (Lipinski definition) is 11. The molecule has 0 radical (unpaired) electrons. The quantitative estimate of drug-likeness (QED) is 0.126. The van der Waals surface area contributed by atoms with Crippen molar-refractivity contribution in [3.8, 4) is 11.5 Å². The first kappa shape index (κ1) is 36.6. The van der Waals surface area contributed by atoms with Crippen LogP contribution in [-0.4, -0.2) is 95.4 Å². The maximum Gasteiger partial charge on any atom is 0.405 e. The lowest BCUT2D eigenvalue weighted by Gasteiger charge is -2.29. The van der Waals surface area contributed by atoms with Gasteiger partial charge in [-0.05, 0) is 38.2 Å². The number of carbonyl (C=O) groups is 2. The van der Waals surface area contributed by atoms with E-state index in [4.69, 9.17) is 19.9 Å². The number of benzene rings is 1. The Morgan fingerprint density at radius 3 is 2.48 bits per heavy atom. The van der Waals surface area contributed by atoms with E-state index < -0.39 is 55.0 Å². The number of phenols is 2. The number of rotatable bonds is 7. The number of aliphatic hydroxyl groups excluding tert-OH is 3. The molecule has 0 unspecified atom stereocenters. The molecule has 2 amide bonds. The largest absolute Gasteiger partial charge is 0.506 e. The highest BCUT2D eigenvalue weighted by molar-refractivity contribution is 6.04. The summed E-state index contributed by atoms with van der Waals surface area (Å²) in [6.45, 7) is 6.31. The molecule has 0 aliphatic carbocycles. The molecule has 1 heterocycles. The normalized spacial score (nSPS) is 29.3. The highest BCUT2D eigenvalue weighted by atomic mass is 16.6. The highest BCUT2D eigenvalue weighted by Gasteiger charge is 2.30. The number of nitrogens with one attached hydrogen (secondary N) is 2. The van der Waals surface area contributed by atoms with Gasteiger partial charge in [0.2, 0.25) is 0 Å². The molecule has 2 rings (SSSR count). The third-order valence-electron chi connectivity index (χ3n) is 7.56. The van der Waals surface area contributed by atoms with Crippen molar-refractivity contribution in [2.24, 2.45) is 17.6 Å². The van der Waals surface area contributed by atoms with Crippen molar-refractivity contribution < 1.29 is 49.3 Å². The molecule has 1 aliphatic heterocycles. The van der Waals surface area contributed by atoms with Crippen LogP contribution >= 0.6 is 0 Å². The molecule has 0 spiro atoms. The summed E-state index contributed by atoms with van der Waals surface area (Å²) in [5.74, 6) is -1.85. The Morgan fingerprint density at radius 2 is 1.89 bits per heavy atom. The summed E-state index contributed by atoms with van der Waals surface area (Å²) in [7, 11) is 2.90. The van der Waals surface area contributed by atoms with Crippen molar-refractivity contribution in [1.82, 2.24) is 0 Å². The van der Waals surface area contributed by atoms with E-state index in [9.17, 15) is 35.1 Å². The van der Waals surface area contributed by atoms with E-state index in [2.05, 4.69) is 10.6 Å². The van der Waals surface area contributed by atoms with Gasteiger partial charge in [0.1, 0.15) is 17.6 Å². The molecule has 0 fully saturated rings. The maximum absolute atomic E-state index is 13.0. The fourth-order valence-electron chi connectivity index (χ4n) is 5.09. The summed E-state index contributed by atoms with van der Waals surface area (Å²) in [4.78, 5) is 24.8. The first-order valence-electron chi connectivity index (χ1n) is 14.4. The van der Waals surface area contributed by atoms with Crippen molar-refractivity contribution in [2.45, 2.75) is 71.1 Å². The predicted molar refractivity (Wildman–Crippen MR) is 165 cm³/mol. The lowest BCUT2D eigenvalue weighted by Crippen LogP contribution is -2.37. The molecule has 1 aromatic rings. The molecule has 0 aromatic heterocycles. The lowest BCUT2D eigenvalue weighted by atomic mass is 9.87. The molecule has 13 nitrogen and oxygen atoms in total. The molecule has 246 valence electrons. The number of hydrogen-bond donors (Lipinski definition) is 8. The predicted octanol–water partition coefficient (Wildman–Crippen LogP) is 2.32. The molecular formula is C31H47N3O10. The number of anilines is 2. The number of amides is 2. The van der Waals surface area contributed by atoms with Gasteiger partial charge in [0, 0.05) is 43.9 Å². The second-order valence-electron chi connectivity index (χ2n) is 11.2. The van der Waals surface area contributed by atoms with E-state index in [0.29, 0.717) is 12.0 Å². The Hall–Kier alpha value is -3.62. The van der Waals surface area contributed by atoms with Gasteiger partial charge >= 0.3 is 6.09 Å². The number of carbonyl (C=O) groups excluding carboxylic acids is 2. The van der Waals surface area contributed by atoms with Gasteiger partial charge in [0.05, 0.1) is 36.3 Å². The van der Waals surface area contributed by atoms with Gasteiger partial charge in [-0.2, -0.15) is 0 Å². The lowest BCUT2D eigenvalue weighted by molar-refractivity contribution is -0.112. The molecule has 9 N–H and O–H groups in total. The van der Waals surface area contributed by atoms with Crippen LogP contribution in [0.2, 0.25) is 0 Å². The summed E-state index contributed by atoms with van der Waals surface area (Å²) in [6, 6.07) is 1.19. The second-order valence-corrected chi connectivity index (χ2v) is 11.2. The summed E-state index contributed by atoms with van der Waals surface area (Å²) in [5.41, 5.74) is 6.52. The molecule has 1 aliphatic rings. The van der Waals surface area contributed by atoms with Gasteiger partial charge in [-0.1, -0.05) is 38.2 Å². The molecule has 13 heteroatoms. The number of aromatic hydroxyl groups is 2. The van der Waals surface area contributed by atoms with Crippen LogP contribution in [0.25, 0.3) is 0 Å². The van der Waals surface area contributed by atoms with E-state index in [-0.39, 0.29) is 52.9 Å². The van der Waals surface area contributed by atoms with Crippen LogP contribution in [0.4, 0.5) is 16.2 Å². The Bertz CT molecular complexity index is 1230. The fraction of sp³-hybridized carbons (Fsp3) is 0.548. The molecule has 44 heavy (non-hydrogen) atoms. The number of fused-ring (bicyclic) bond motifs is 2. The average molecular weight is 622 g/mol. The molecule has 7 atom stereocenters.